The Morgan fingerprint density at radius 2 is 1.72 bits per heavy atom. The van der Waals surface area contributed by atoms with E-state index in [0.717, 1.165) is 5.56 Å². The number of epoxide rings is 1. The van der Waals surface area contributed by atoms with Crippen molar-refractivity contribution in [1.29, 1.82) is 0 Å². The van der Waals surface area contributed by atoms with Gasteiger partial charge < -0.3 is 23.4 Å². The van der Waals surface area contributed by atoms with E-state index in [2.05, 4.69) is 33.9 Å². The normalized spacial score (nSPS) is 38.0. The standard InChI is InChI=1S/C19H28O5Si/c1-19(2,3)25(4,5)24-15-14-13(21-18-16(15)23-18)11-20-17(22-14)12-9-7-6-8-10-12/h6-10,13-18H,11H2,1-5H3/t13-,14-,15-,16+,17?,18-/m1/s1. The quantitative estimate of drug-likeness (QED) is 0.606. The highest BCUT2D eigenvalue weighted by Crippen LogP contribution is 2.46. The summed E-state index contributed by atoms with van der Waals surface area (Å²) >= 11 is 0. The molecule has 0 bridgehead atoms. The van der Waals surface area contributed by atoms with Crippen molar-refractivity contribution in [3.8, 4) is 0 Å². The minimum Gasteiger partial charge on any atom is -0.408 e. The van der Waals surface area contributed by atoms with Gasteiger partial charge in [-0.3, -0.25) is 0 Å². The van der Waals surface area contributed by atoms with Gasteiger partial charge in [-0.25, -0.2) is 0 Å². The SMILES string of the molecule is CC(C)(C)[Si](C)(C)O[C@H]1[C@@H]2O[C@H]2O[C@@H]2COC(c3ccccc3)O[C@@H]12. The third kappa shape index (κ3) is 3.31. The fourth-order valence-corrected chi connectivity index (χ4v) is 4.50. The van der Waals surface area contributed by atoms with E-state index in [1.807, 2.05) is 30.3 Å². The summed E-state index contributed by atoms with van der Waals surface area (Å²) in [6, 6.07) is 10.0. The fourth-order valence-electron chi connectivity index (χ4n) is 3.20. The Hall–Kier alpha value is -0.763. The first-order valence-corrected chi connectivity index (χ1v) is 12.0. The van der Waals surface area contributed by atoms with E-state index in [1.54, 1.807) is 0 Å². The van der Waals surface area contributed by atoms with Crippen LogP contribution in [0.5, 0.6) is 0 Å². The smallest absolute Gasteiger partial charge is 0.192 e. The van der Waals surface area contributed by atoms with Crippen LogP contribution in [0.2, 0.25) is 18.1 Å². The van der Waals surface area contributed by atoms with Gasteiger partial charge in [0.1, 0.15) is 24.4 Å². The molecule has 0 radical (unpaired) electrons. The van der Waals surface area contributed by atoms with Gasteiger partial charge in [-0.1, -0.05) is 51.1 Å². The highest BCUT2D eigenvalue weighted by Gasteiger charge is 2.61. The van der Waals surface area contributed by atoms with E-state index in [1.165, 1.54) is 0 Å². The summed E-state index contributed by atoms with van der Waals surface area (Å²) in [6.45, 7) is 11.8. The molecule has 0 saturated carbocycles. The molecule has 5 nitrogen and oxygen atoms in total. The molecule has 1 aromatic carbocycles. The molecule has 3 fully saturated rings. The molecule has 3 saturated heterocycles. The molecular formula is C19H28O5Si. The number of rotatable bonds is 3. The summed E-state index contributed by atoms with van der Waals surface area (Å²) in [5.41, 5.74) is 1.02. The maximum absolute atomic E-state index is 6.70. The number of benzene rings is 1. The van der Waals surface area contributed by atoms with E-state index in [9.17, 15) is 0 Å². The Bertz CT molecular complexity index is 614. The molecule has 0 amide bonds. The van der Waals surface area contributed by atoms with Gasteiger partial charge in [0.15, 0.2) is 20.9 Å². The minimum absolute atomic E-state index is 0.0232. The zero-order chi connectivity index (χ0) is 17.8. The van der Waals surface area contributed by atoms with Crippen LogP contribution in [-0.2, 0) is 23.4 Å². The molecule has 138 valence electrons. The molecule has 0 spiro atoms. The second-order valence-electron chi connectivity index (χ2n) is 8.66. The number of fused-ring (bicyclic) bond motifs is 2. The van der Waals surface area contributed by atoms with Gasteiger partial charge in [0.05, 0.1) is 6.61 Å². The monoisotopic (exact) mass is 364 g/mol. The van der Waals surface area contributed by atoms with Crippen LogP contribution in [0.15, 0.2) is 30.3 Å². The lowest BCUT2D eigenvalue weighted by Gasteiger charge is -2.46. The summed E-state index contributed by atoms with van der Waals surface area (Å²) in [6.07, 6.45) is -0.983. The van der Waals surface area contributed by atoms with Crippen LogP contribution < -0.4 is 0 Å². The lowest BCUT2D eigenvalue weighted by molar-refractivity contribution is -0.295. The zero-order valence-corrected chi connectivity index (χ0v) is 16.6. The second-order valence-corrected chi connectivity index (χ2v) is 13.4. The fraction of sp³-hybridized carbons (Fsp3) is 0.684. The van der Waals surface area contributed by atoms with Crippen molar-refractivity contribution in [1.82, 2.24) is 0 Å². The summed E-state index contributed by atoms with van der Waals surface area (Å²) in [5, 5.41) is 0.134. The van der Waals surface area contributed by atoms with E-state index < -0.39 is 8.32 Å². The molecule has 1 aromatic rings. The van der Waals surface area contributed by atoms with Crippen LogP contribution in [0.4, 0.5) is 0 Å². The Morgan fingerprint density at radius 1 is 1.00 bits per heavy atom. The van der Waals surface area contributed by atoms with Crippen molar-refractivity contribution in [2.24, 2.45) is 0 Å². The minimum atomic E-state index is -1.94. The van der Waals surface area contributed by atoms with Gasteiger partial charge >= 0.3 is 0 Å². The van der Waals surface area contributed by atoms with E-state index in [-0.39, 0.29) is 42.0 Å². The molecule has 0 aliphatic carbocycles. The maximum atomic E-state index is 6.70. The van der Waals surface area contributed by atoms with Crippen molar-refractivity contribution in [3.05, 3.63) is 35.9 Å². The first kappa shape index (κ1) is 17.6. The molecule has 0 aromatic heterocycles. The average Bonchev–Trinajstić information content (AvgIpc) is 3.33. The third-order valence-electron chi connectivity index (χ3n) is 5.81. The summed E-state index contributed by atoms with van der Waals surface area (Å²) in [4.78, 5) is 0. The average molecular weight is 365 g/mol. The zero-order valence-electron chi connectivity index (χ0n) is 15.6. The van der Waals surface area contributed by atoms with Crippen LogP contribution in [-0.4, -0.2) is 45.6 Å². The maximum Gasteiger partial charge on any atom is 0.192 e. The van der Waals surface area contributed by atoms with Crippen LogP contribution in [0.25, 0.3) is 0 Å². The van der Waals surface area contributed by atoms with Gasteiger partial charge in [0, 0.05) is 5.56 Å². The topological polar surface area (TPSA) is 49.5 Å². The van der Waals surface area contributed by atoms with E-state index >= 15 is 0 Å². The molecule has 3 heterocycles. The largest absolute Gasteiger partial charge is 0.408 e. The van der Waals surface area contributed by atoms with Gasteiger partial charge in [-0.2, -0.15) is 0 Å². The molecular weight excluding hydrogens is 336 g/mol. The Kier molecular flexibility index (Phi) is 4.34. The second kappa shape index (κ2) is 6.15. The Labute approximate surface area is 150 Å². The van der Waals surface area contributed by atoms with Gasteiger partial charge in [-0.15, -0.1) is 0 Å². The first-order chi connectivity index (χ1) is 11.8. The van der Waals surface area contributed by atoms with Crippen LogP contribution in [0, 0.1) is 0 Å². The predicted octanol–water partition coefficient (Wildman–Crippen LogP) is 3.61. The predicted molar refractivity (Wildman–Crippen MR) is 95.6 cm³/mol. The summed E-state index contributed by atoms with van der Waals surface area (Å²) < 4.78 is 30.6. The number of ether oxygens (including phenoxy) is 4. The first-order valence-electron chi connectivity index (χ1n) is 9.07. The number of hydrogen-bond donors (Lipinski definition) is 0. The molecule has 3 aliphatic heterocycles. The lowest BCUT2D eigenvalue weighted by atomic mass is 10.0. The van der Waals surface area contributed by atoms with Crippen molar-refractivity contribution in [2.75, 3.05) is 6.61 Å². The number of hydrogen-bond acceptors (Lipinski definition) is 5. The van der Waals surface area contributed by atoms with Gasteiger partial charge in [0.2, 0.25) is 0 Å². The summed E-state index contributed by atoms with van der Waals surface area (Å²) in [7, 11) is -1.94. The molecule has 0 N–H and O–H groups in total. The van der Waals surface area contributed by atoms with Gasteiger partial charge in [0.25, 0.3) is 0 Å². The highest BCUT2D eigenvalue weighted by atomic mass is 28.4. The third-order valence-corrected chi connectivity index (χ3v) is 10.3. The van der Waals surface area contributed by atoms with Crippen molar-refractivity contribution in [2.45, 2.75) is 75.9 Å². The molecule has 4 rings (SSSR count). The van der Waals surface area contributed by atoms with Crippen molar-refractivity contribution < 1.29 is 23.4 Å². The lowest BCUT2D eigenvalue weighted by Crippen LogP contribution is -2.59. The highest BCUT2D eigenvalue weighted by molar-refractivity contribution is 6.74. The Morgan fingerprint density at radius 3 is 2.40 bits per heavy atom. The van der Waals surface area contributed by atoms with Crippen molar-refractivity contribution >= 4 is 8.32 Å². The van der Waals surface area contributed by atoms with Crippen LogP contribution >= 0.6 is 0 Å². The molecule has 1 unspecified atom stereocenters. The molecule has 3 aliphatic rings. The van der Waals surface area contributed by atoms with E-state index in [0.29, 0.717) is 6.61 Å². The van der Waals surface area contributed by atoms with Crippen LogP contribution in [0.1, 0.15) is 32.6 Å². The molecule has 6 heteroatoms. The van der Waals surface area contributed by atoms with Gasteiger partial charge in [-0.05, 0) is 18.1 Å². The molecule has 25 heavy (non-hydrogen) atoms. The van der Waals surface area contributed by atoms with Crippen LogP contribution in [0.3, 0.4) is 0 Å². The van der Waals surface area contributed by atoms with E-state index in [4.69, 9.17) is 23.4 Å². The van der Waals surface area contributed by atoms with Crippen molar-refractivity contribution in [3.63, 3.8) is 0 Å². The summed E-state index contributed by atoms with van der Waals surface area (Å²) in [5.74, 6) is 0. The Balaban J connectivity index is 1.54. The molecule has 6 atom stereocenters.